The summed E-state index contributed by atoms with van der Waals surface area (Å²) < 4.78 is 65.6. The number of halogens is 3. The molecule has 0 atom stereocenters. The zero-order valence-corrected chi connectivity index (χ0v) is 15.8. The molecule has 0 radical (unpaired) electrons. The average molecular weight is 417 g/mol. The highest BCUT2D eigenvalue weighted by molar-refractivity contribution is 7.91. The molecule has 28 heavy (non-hydrogen) atoms. The van der Waals surface area contributed by atoms with Crippen LogP contribution in [0.5, 0.6) is 0 Å². The van der Waals surface area contributed by atoms with Crippen molar-refractivity contribution < 1.29 is 26.4 Å². The maximum Gasteiger partial charge on any atom is 0.416 e. The van der Waals surface area contributed by atoms with Gasteiger partial charge in [-0.15, -0.1) is 0 Å². The summed E-state index contributed by atoms with van der Waals surface area (Å²) in [4.78, 5) is 24.0. The van der Waals surface area contributed by atoms with Gasteiger partial charge >= 0.3 is 6.18 Å². The van der Waals surface area contributed by atoms with E-state index in [4.69, 9.17) is 0 Å². The number of alkyl halides is 3. The van der Waals surface area contributed by atoms with E-state index >= 15 is 0 Å². The molecule has 152 valence electrons. The Balaban J connectivity index is 2.23. The molecule has 1 aromatic carbocycles. The molecule has 0 saturated heterocycles. The van der Waals surface area contributed by atoms with Crippen molar-refractivity contribution >= 4 is 21.6 Å². The fourth-order valence-corrected chi connectivity index (χ4v) is 3.57. The van der Waals surface area contributed by atoms with Crippen LogP contribution in [0.1, 0.15) is 16.8 Å². The molecule has 2 aromatic rings. The van der Waals surface area contributed by atoms with Crippen molar-refractivity contribution in [1.82, 2.24) is 9.88 Å². The first-order chi connectivity index (χ1) is 12.9. The number of pyridine rings is 1. The summed E-state index contributed by atoms with van der Waals surface area (Å²) >= 11 is 0. The van der Waals surface area contributed by atoms with E-state index < -0.39 is 39.0 Å². The van der Waals surface area contributed by atoms with Gasteiger partial charge in [-0.25, -0.2) is 8.42 Å². The van der Waals surface area contributed by atoms with Crippen molar-refractivity contribution in [3.63, 3.8) is 0 Å². The highest BCUT2D eigenvalue weighted by Gasteiger charge is 2.30. The number of carbonyl (C=O) groups excluding carboxylic acids is 1. The summed E-state index contributed by atoms with van der Waals surface area (Å²) in [5.74, 6) is -1.05. The summed E-state index contributed by atoms with van der Waals surface area (Å²) in [6.07, 6.45) is -4.52. The molecule has 7 nitrogen and oxygen atoms in total. The van der Waals surface area contributed by atoms with Gasteiger partial charge in [0, 0.05) is 12.7 Å². The van der Waals surface area contributed by atoms with E-state index in [1.165, 1.54) is 19.2 Å². The molecule has 0 fully saturated rings. The second-order valence-electron chi connectivity index (χ2n) is 6.01. The molecule has 0 aliphatic carbocycles. The number of rotatable bonds is 6. The van der Waals surface area contributed by atoms with Crippen LogP contribution in [0, 0.1) is 6.92 Å². The Morgan fingerprint density at radius 2 is 1.71 bits per heavy atom. The van der Waals surface area contributed by atoms with Crippen LogP contribution in [0.3, 0.4) is 0 Å². The second kappa shape index (κ2) is 8.05. The lowest BCUT2D eigenvalue weighted by Crippen LogP contribution is -2.33. The number of nitrogens with zero attached hydrogens (tertiary/aromatic N) is 1. The van der Waals surface area contributed by atoms with E-state index in [9.17, 15) is 31.2 Å². The van der Waals surface area contributed by atoms with Gasteiger partial charge in [0.05, 0.1) is 11.3 Å². The summed E-state index contributed by atoms with van der Waals surface area (Å²) in [6.45, 7) is 1.31. The quantitative estimate of drug-likeness (QED) is 0.750. The van der Waals surface area contributed by atoms with Crippen molar-refractivity contribution in [2.24, 2.45) is 0 Å². The number of aromatic nitrogens is 1. The second-order valence-corrected chi connectivity index (χ2v) is 7.73. The van der Waals surface area contributed by atoms with Crippen LogP contribution in [0.15, 0.2) is 41.2 Å². The number of nitrogens with one attached hydrogen (secondary N) is 2. The Kier molecular flexibility index (Phi) is 6.17. The molecule has 0 bridgehead atoms. The fourth-order valence-electron chi connectivity index (χ4n) is 2.38. The lowest BCUT2D eigenvalue weighted by Gasteiger charge is -2.13. The van der Waals surface area contributed by atoms with Crippen LogP contribution < -0.4 is 15.6 Å². The first-order valence-electron chi connectivity index (χ1n) is 8.00. The van der Waals surface area contributed by atoms with Crippen LogP contribution in [-0.2, 0) is 33.3 Å². The third-order valence-corrected chi connectivity index (χ3v) is 5.12. The number of likely N-dealkylation sites (N-methyl/N-ethyl adjacent to an activating group) is 1. The molecule has 0 aliphatic heterocycles. The molecule has 1 heterocycles. The van der Waals surface area contributed by atoms with E-state index in [0.717, 1.165) is 28.8 Å². The van der Waals surface area contributed by atoms with E-state index in [2.05, 4.69) is 10.0 Å². The predicted molar refractivity (Wildman–Crippen MR) is 97.2 cm³/mol. The molecule has 1 amide bonds. The maximum absolute atomic E-state index is 12.6. The molecule has 0 saturated carbocycles. The van der Waals surface area contributed by atoms with Gasteiger partial charge in [0.2, 0.25) is 15.9 Å². The Bertz CT molecular complexity index is 1030. The van der Waals surface area contributed by atoms with E-state index in [1.807, 2.05) is 0 Å². The maximum atomic E-state index is 12.6. The van der Waals surface area contributed by atoms with E-state index in [-0.39, 0.29) is 17.8 Å². The summed E-state index contributed by atoms with van der Waals surface area (Å²) in [5, 5.41) is 2.37. The molecule has 0 aliphatic rings. The molecule has 1 aromatic heterocycles. The van der Waals surface area contributed by atoms with Gasteiger partial charge in [0.25, 0.3) is 5.56 Å². The SMILES string of the molecule is CNC(=O)Cn1c(C)ccc(NS(=O)(=O)Cc2ccc(C(F)(F)F)cc2)c1=O. The number of sulfonamides is 1. The average Bonchev–Trinajstić information content (AvgIpc) is 2.60. The fraction of sp³-hybridized carbons (Fsp3) is 0.294. The Morgan fingerprint density at radius 1 is 1.11 bits per heavy atom. The lowest BCUT2D eigenvalue weighted by molar-refractivity contribution is -0.137. The number of hydrogen-bond donors (Lipinski definition) is 2. The Hall–Kier alpha value is -2.82. The summed E-state index contributed by atoms with van der Waals surface area (Å²) in [6, 6.07) is 6.42. The first kappa shape index (κ1) is 21.5. The zero-order chi connectivity index (χ0) is 21.1. The normalized spacial score (nSPS) is 11.9. The van der Waals surface area contributed by atoms with Gasteiger partial charge in [-0.1, -0.05) is 12.1 Å². The van der Waals surface area contributed by atoms with Crippen molar-refractivity contribution in [3.05, 3.63) is 63.6 Å². The van der Waals surface area contributed by atoms with Gasteiger partial charge < -0.3 is 9.88 Å². The van der Waals surface area contributed by atoms with Crippen molar-refractivity contribution in [2.75, 3.05) is 11.8 Å². The van der Waals surface area contributed by atoms with Crippen molar-refractivity contribution in [2.45, 2.75) is 25.4 Å². The lowest BCUT2D eigenvalue weighted by atomic mass is 10.1. The van der Waals surface area contributed by atoms with Crippen molar-refractivity contribution in [1.29, 1.82) is 0 Å². The molecule has 2 N–H and O–H groups in total. The zero-order valence-electron chi connectivity index (χ0n) is 15.0. The molecular weight excluding hydrogens is 399 g/mol. The summed E-state index contributed by atoms with van der Waals surface area (Å²) in [5.41, 5.74) is -1.28. The topological polar surface area (TPSA) is 97.3 Å². The van der Waals surface area contributed by atoms with Crippen LogP contribution in [0.2, 0.25) is 0 Å². The number of amides is 1. The van der Waals surface area contributed by atoms with Crippen LogP contribution >= 0.6 is 0 Å². The van der Waals surface area contributed by atoms with Gasteiger partial charge in [-0.05, 0) is 36.8 Å². The standard InChI is InChI=1S/C17H18F3N3O4S/c1-11-3-8-14(16(25)23(11)9-15(24)21-2)22-28(26,27)10-12-4-6-13(7-5-12)17(18,19)20/h3-8,22H,9-10H2,1-2H3,(H,21,24). The van der Waals surface area contributed by atoms with Gasteiger partial charge in [0.15, 0.2) is 0 Å². The van der Waals surface area contributed by atoms with Gasteiger partial charge in [-0.3, -0.25) is 14.3 Å². The number of hydrogen-bond acceptors (Lipinski definition) is 4. The van der Waals surface area contributed by atoms with Crippen LogP contribution in [0.4, 0.5) is 18.9 Å². The molecule has 0 spiro atoms. The molecule has 11 heteroatoms. The van der Waals surface area contributed by atoms with Gasteiger partial charge in [-0.2, -0.15) is 13.2 Å². The Morgan fingerprint density at radius 3 is 2.25 bits per heavy atom. The number of aryl methyl sites for hydroxylation is 1. The third kappa shape index (κ3) is 5.35. The van der Waals surface area contributed by atoms with E-state index in [0.29, 0.717) is 5.69 Å². The third-order valence-electron chi connectivity index (χ3n) is 3.88. The van der Waals surface area contributed by atoms with E-state index in [1.54, 1.807) is 6.92 Å². The summed E-state index contributed by atoms with van der Waals surface area (Å²) in [7, 11) is -2.67. The molecule has 0 unspecified atom stereocenters. The minimum atomic E-state index is -4.52. The highest BCUT2D eigenvalue weighted by Crippen LogP contribution is 2.29. The Labute approximate surface area is 159 Å². The minimum Gasteiger partial charge on any atom is -0.358 e. The van der Waals surface area contributed by atoms with Crippen molar-refractivity contribution in [3.8, 4) is 0 Å². The monoisotopic (exact) mass is 417 g/mol. The largest absolute Gasteiger partial charge is 0.416 e. The molecular formula is C17H18F3N3O4S. The van der Waals surface area contributed by atoms with Crippen LogP contribution in [0.25, 0.3) is 0 Å². The highest BCUT2D eigenvalue weighted by atomic mass is 32.2. The van der Waals surface area contributed by atoms with Gasteiger partial charge in [0.1, 0.15) is 12.2 Å². The predicted octanol–water partition coefficient (Wildman–Crippen LogP) is 1.86. The minimum absolute atomic E-state index is 0.123. The van der Waals surface area contributed by atoms with Crippen LogP contribution in [-0.4, -0.2) is 25.9 Å². The smallest absolute Gasteiger partial charge is 0.358 e. The molecule has 2 rings (SSSR count). The number of carbonyl (C=O) groups is 1. The first-order valence-corrected chi connectivity index (χ1v) is 9.66. The number of benzene rings is 1. The number of anilines is 1.